The summed E-state index contributed by atoms with van der Waals surface area (Å²) < 4.78 is 5.63. The van der Waals surface area contributed by atoms with Gasteiger partial charge in [-0.2, -0.15) is 0 Å². The van der Waals surface area contributed by atoms with Gasteiger partial charge in [0.05, 0.1) is 6.10 Å². The summed E-state index contributed by atoms with van der Waals surface area (Å²) in [5.74, 6) is 0.807. The van der Waals surface area contributed by atoms with E-state index in [0.29, 0.717) is 5.92 Å². The Morgan fingerprint density at radius 2 is 1.74 bits per heavy atom. The predicted octanol–water partition coefficient (Wildman–Crippen LogP) is 4.35. The molecule has 2 aliphatic rings. The first-order valence-electron chi connectivity index (χ1n) is 9.45. The lowest BCUT2D eigenvalue weighted by Gasteiger charge is -2.44. The van der Waals surface area contributed by atoms with Crippen LogP contribution >= 0.6 is 0 Å². The Bertz CT molecular complexity index is 391. The van der Waals surface area contributed by atoms with E-state index in [0.717, 1.165) is 45.1 Å². The van der Waals surface area contributed by atoms with Gasteiger partial charge in [0.2, 0.25) is 0 Å². The minimum atomic E-state index is -0.468. The fourth-order valence-corrected chi connectivity index (χ4v) is 4.08. The molecule has 4 heteroatoms. The van der Waals surface area contributed by atoms with Crippen molar-refractivity contribution >= 4 is 6.09 Å². The fourth-order valence-electron chi connectivity index (χ4n) is 4.08. The highest BCUT2D eigenvalue weighted by atomic mass is 16.6. The Morgan fingerprint density at radius 3 is 2.39 bits per heavy atom. The minimum absolute atomic E-state index is 0.127. The molecule has 0 bridgehead atoms. The van der Waals surface area contributed by atoms with Gasteiger partial charge in [0.1, 0.15) is 5.60 Å². The van der Waals surface area contributed by atoms with Crippen LogP contribution in [0.25, 0.3) is 0 Å². The Kier molecular flexibility index (Phi) is 6.35. The summed E-state index contributed by atoms with van der Waals surface area (Å²) in [6.45, 7) is 8.75. The third kappa shape index (κ3) is 5.37. The van der Waals surface area contributed by atoms with E-state index in [1.165, 1.54) is 12.8 Å². The Morgan fingerprint density at radius 1 is 1.09 bits per heavy atom. The van der Waals surface area contributed by atoms with Crippen LogP contribution in [0.15, 0.2) is 0 Å². The van der Waals surface area contributed by atoms with Crippen molar-refractivity contribution in [3.63, 3.8) is 0 Å². The molecule has 1 aliphatic heterocycles. The van der Waals surface area contributed by atoms with Crippen molar-refractivity contribution < 1.29 is 14.6 Å². The average Bonchev–Trinajstić information content (AvgIpc) is 2.41. The van der Waals surface area contributed by atoms with Crippen molar-refractivity contribution in [1.29, 1.82) is 0 Å². The number of amides is 1. The first kappa shape index (κ1) is 18.6. The lowest BCUT2D eigenvalue weighted by molar-refractivity contribution is -0.0287. The number of likely N-dealkylation sites (tertiary alicyclic amines) is 1. The van der Waals surface area contributed by atoms with Gasteiger partial charge < -0.3 is 14.7 Å². The zero-order chi connectivity index (χ0) is 17.0. The number of carbonyl (C=O) groups is 1. The van der Waals surface area contributed by atoms with Crippen molar-refractivity contribution in [2.45, 2.75) is 96.8 Å². The van der Waals surface area contributed by atoms with Crippen LogP contribution in [0.2, 0.25) is 0 Å². The number of nitrogens with zero attached hydrogens (tertiary/aromatic N) is 1. The van der Waals surface area contributed by atoms with E-state index >= 15 is 0 Å². The van der Waals surface area contributed by atoms with Gasteiger partial charge in [-0.1, -0.05) is 32.6 Å². The van der Waals surface area contributed by atoms with Crippen molar-refractivity contribution in [2.75, 3.05) is 6.54 Å². The standard InChI is InChI=1S/C19H35NO3/c1-14-11-12-20(18(22)23-19(2,3)4)16(13-14)15-9-7-5-6-8-10-17(15)21/h14-17,21H,5-13H2,1-4H3. The molecule has 1 saturated heterocycles. The molecule has 1 aliphatic carbocycles. The van der Waals surface area contributed by atoms with Gasteiger partial charge in [-0.15, -0.1) is 0 Å². The smallest absolute Gasteiger partial charge is 0.410 e. The second-order valence-electron chi connectivity index (χ2n) is 8.59. The van der Waals surface area contributed by atoms with E-state index in [2.05, 4.69) is 6.92 Å². The van der Waals surface area contributed by atoms with Crippen LogP contribution in [-0.2, 0) is 4.74 Å². The van der Waals surface area contributed by atoms with E-state index in [9.17, 15) is 9.90 Å². The molecule has 0 aromatic rings. The van der Waals surface area contributed by atoms with Crippen molar-refractivity contribution in [3.8, 4) is 0 Å². The van der Waals surface area contributed by atoms with E-state index in [-0.39, 0.29) is 24.2 Å². The van der Waals surface area contributed by atoms with Gasteiger partial charge in [0.15, 0.2) is 0 Å². The molecule has 2 fully saturated rings. The Balaban J connectivity index is 2.13. The summed E-state index contributed by atoms with van der Waals surface area (Å²) in [5, 5.41) is 10.7. The lowest BCUT2D eigenvalue weighted by atomic mass is 9.77. The molecule has 0 spiro atoms. The molecule has 1 heterocycles. The molecule has 0 aromatic carbocycles. The maximum absolute atomic E-state index is 12.7. The number of carbonyl (C=O) groups excluding carboxylic acids is 1. The van der Waals surface area contributed by atoms with Crippen LogP contribution in [0.3, 0.4) is 0 Å². The number of piperidine rings is 1. The van der Waals surface area contributed by atoms with Crippen LogP contribution in [0.1, 0.15) is 79.1 Å². The summed E-state index contributed by atoms with van der Waals surface area (Å²) in [7, 11) is 0. The molecule has 4 nitrogen and oxygen atoms in total. The summed E-state index contributed by atoms with van der Waals surface area (Å²) in [4.78, 5) is 14.6. The van der Waals surface area contributed by atoms with Gasteiger partial charge in [0, 0.05) is 18.5 Å². The third-order valence-electron chi connectivity index (χ3n) is 5.31. The lowest BCUT2D eigenvalue weighted by Crippen LogP contribution is -2.53. The first-order valence-corrected chi connectivity index (χ1v) is 9.45. The largest absolute Gasteiger partial charge is 0.444 e. The fraction of sp³-hybridized carbons (Fsp3) is 0.947. The maximum Gasteiger partial charge on any atom is 0.410 e. The second-order valence-corrected chi connectivity index (χ2v) is 8.59. The van der Waals surface area contributed by atoms with Crippen LogP contribution < -0.4 is 0 Å². The van der Waals surface area contributed by atoms with Crippen LogP contribution in [0.4, 0.5) is 4.79 Å². The molecule has 134 valence electrons. The van der Waals surface area contributed by atoms with Gasteiger partial charge >= 0.3 is 6.09 Å². The van der Waals surface area contributed by atoms with Crippen molar-refractivity contribution in [2.24, 2.45) is 11.8 Å². The highest BCUT2D eigenvalue weighted by Gasteiger charge is 2.39. The molecule has 1 N–H and O–H groups in total. The highest BCUT2D eigenvalue weighted by Crippen LogP contribution is 2.35. The quantitative estimate of drug-likeness (QED) is 0.779. The van der Waals surface area contributed by atoms with Crippen molar-refractivity contribution in [1.82, 2.24) is 4.90 Å². The molecule has 1 amide bonds. The number of hydrogen-bond donors (Lipinski definition) is 1. The minimum Gasteiger partial charge on any atom is -0.444 e. The van der Waals surface area contributed by atoms with Crippen LogP contribution in [0, 0.1) is 11.8 Å². The van der Waals surface area contributed by atoms with Crippen molar-refractivity contribution in [3.05, 3.63) is 0 Å². The molecule has 0 aromatic heterocycles. The van der Waals surface area contributed by atoms with E-state index in [1.54, 1.807) is 0 Å². The number of rotatable bonds is 1. The maximum atomic E-state index is 12.7. The predicted molar refractivity (Wildman–Crippen MR) is 92.3 cm³/mol. The zero-order valence-electron chi connectivity index (χ0n) is 15.4. The molecule has 1 saturated carbocycles. The number of aliphatic hydroxyl groups excluding tert-OH is 1. The second kappa shape index (κ2) is 7.87. The molecule has 4 unspecified atom stereocenters. The first-order chi connectivity index (χ1) is 10.8. The monoisotopic (exact) mass is 325 g/mol. The summed E-state index contributed by atoms with van der Waals surface area (Å²) in [6.07, 6.45) is 8.16. The van der Waals surface area contributed by atoms with Crippen LogP contribution in [0.5, 0.6) is 0 Å². The topological polar surface area (TPSA) is 49.8 Å². The molecule has 4 atom stereocenters. The van der Waals surface area contributed by atoms with Gasteiger partial charge in [-0.25, -0.2) is 4.79 Å². The number of hydrogen-bond acceptors (Lipinski definition) is 3. The Labute approximate surface area is 141 Å². The molecule has 0 radical (unpaired) electrons. The van der Waals surface area contributed by atoms with Crippen LogP contribution in [-0.4, -0.2) is 40.4 Å². The third-order valence-corrected chi connectivity index (χ3v) is 5.31. The number of ether oxygens (including phenoxy) is 1. The highest BCUT2D eigenvalue weighted by molar-refractivity contribution is 5.68. The molecular weight excluding hydrogens is 290 g/mol. The van der Waals surface area contributed by atoms with Gasteiger partial charge in [-0.05, 0) is 52.4 Å². The Hall–Kier alpha value is -0.770. The average molecular weight is 325 g/mol. The van der Waals surface area contributed by atoms with Gasteiger partial charge in [0.25, 0.3) is 0 Å². The van der Waals surface area contributed by atoms with E-state index < -0.39 is 5.60 Å². The normalized spacial score (nSPS) is 33.7. The molecular formula is C19H35NO3. The van der Waals surface area contributed by atoms with E-state index in [1.807, 2.05) is 25.7 Å². The summed E-state index contributed by atoms with van der Waals surface area (Å²) >= 11 is 0. The summed E-state index contributed by atoms with van der Waals surface area (Å²) in [5.41, 5.74) is -0.468. The van der Waals surface area contributed by atoms with E-state index in [4.69, 9.17) is 4.74 Å². The summed E-state index contributed by atoms with van der Waals surface area (Å²) in [6, 6.07) is 0.127. The zero-order valence-corrected chi connectivity index (χ0v) is 15.4. The molecule has 23 heavy (non-hydrogen) atoms. The molecule has 2 rings (SSSR count). The van der Waals surface area contributed by atoms with Gasteiger partial charge in [-0.3, -0.25) is 0 Å². The SMILES string of the molecule is CC1CCN(C(=O)OC(C)(C)C)C(C2CCCCCCC2O)C1. The number of aliphatic hydroxyl groups is 1.